The lowest BCUT2D eigenvalue weighted by Gasteiger charge is -2.40. The molecule has 9 nitrogen and oxygen atoms in total. The van der Waals surface area contributed by atoms with E-state index in [0.29, 0.717) is 31.5 Å². The van der Waals surface area contributed by atoms with Gasteiger partial charge in [0.25, 0.3) is 0 Å². The molecule has 3 heterocycles. The summed E-state index contributed by atoms with van der Waals surface area (Å²) in [5.74, 6) is -4.87. The van der Waals surface area contributed by atoms with Crippen molar-refractivity contribution in [3.63, 3.8) is 0 Å². The molecule has 2 saturated heterocycles. The molecule has 0 saturated carbocycles. The summed E-state index contributed by atoms with van der Waals surface area (Å²) in [5.41, 5.74) is 4.29. The van der Waals surface area contributed by atoms with E-state index in [2.05, 4.69) is 46.3 Å². The van der Waals surface area contributed by atoms with Gasteiger partial charge in [-0.3, -0.25) is 14.7 Å². The molecule has 3 aliphatic rings. The second kappa shape index (κ2) is 14.8. The highest BCUT2D eigenvalue weighted by atomic mass is 19.4. The molecule has 0 radical (unpaired) electrons. The summed E-state index contributed by atoms with van der Waals surface area (Å²) in [6.07, 6.45) is -4.21. The Morgan fingerprint density at radius 2 is 1.41 bits per heavy atom. The molecule has 5 rings (SSSR count). The van der Waals surface area contributed by atoms with Crippen molar-refractivity contribution in [2.45, 2.75) is 55.9 Å². The number of hydrogen-bond acceptors (Lipinski definition) is 6. The third kappa shape index (κ3) is 9.64. The van der Waals surface area contributed by atoms with Crippen molar-refractivity contribution in [2.24, 2.45) is 0 Å². The van der Waals surface area contributed by atoms with Gasteiger partial charge in [0.15, 0.2) is 0 Å². The number of carboxylic acid groups (broad SMARTS) is 2. The molecule has 1 amide bonds. The molecule has 1 atom stereocenters. The molecule has 242 valence electrons. The molecule has 2 aromatic rings. The number of alkyl halides is 6. The van der Waals surface area contributed by atoms with E-state index in [-0.39, 0.29) is 5.41 Å². The Morgan fingerprint density at radius 3 is 1.93 bits per heavy atom. The van der Waals surface area contributed by atoms with Crippen molar-refractivity contribution < 1.29 is 55.7 Å². The van der Waals surface area contributed by atoms with Crippen LogP contribution in [0.2, 0.25) is 0 Å². The number of likely N-dealkylation sites (tertiary alicyclic amines) is 1. The molecule has 1 spiro atoms. The van der Waals surface area contributed by atoms with Crippen LogP contribution in [0.5, 0.6) is 0 Å². The van der Waals surface area contributed by atoms with Gasteiger partial charge in [0, 0.05) is 32.3 Å². The zero-order chi connectivity index (χ0) is 32.5. The Kier molecular flexibility index (Phi) is 11.7. The van der Waals surface area contributed by atoms with Crippen molar-refractivity contribution in [1.82, 2.24) is 14.8 Å². The molecule has 0 bridgehead atoms. The fraction of sp³-hybridized carbons (Fsp3) is 0.517. The van der Waals surface area contributed by atoms with Crippen LogP contribution < -0.4 is 0 Å². The summed E-state index contributed by atoms with van der Waals surface area (Å²) < 4.78 is 68.9. The van der Waals surface area contributed by atoms with E-state index in [1.54, 1.807) is 0 Å². The van der Waals surface area contributed by atoms with Crippen molar-refractivity contribution >= 4 is 17.8 Å². The van der Waals surface area contributed by atoms with E-state index in [1.807, 2.05) is 17.2 Å². The summed E-state index contributed by atoms with van der Waals surface area (Å²) in [5, 5.41) is 14.2. The number of ether oxygens (including phenoxy) is 1. The van der Waals surface area contributed by atoms with Crippen LogP contribution in [-0.2, 0) is 31.1 Å². The molecular weight excluding hydrogens is 600 g/mol. The average Bonchev–Trinajstić information content (AvgIpc) is 3.27. The SMILES string of the molecule is O=C(CC1CC2(CCN(Cc3ccccn3)CC2)c2ccccc21)N1CCOCC1.O=C(O)C(F)(F)F.O=C(O)C(F)(F)F. The number of hydrogen-bond donors (Lipinski definition) is 2. The van der Waals surface area contributed by atoms with Crippen LogP contribution in [0.25, 0.3) is 0 Å². The molecule has 1 aliphatic carbocycles. The van der Waals surface area contributed by atoms with Crippen LogP contribution in [0.3, 0.4) is 0 Å². The van der Waals surface area contributed by atoms with Crippen LogP contribution in [0, 0.1) is 0 Å². The van der Waals surface area contributed by atoms with Gasteiger partial charge < -0.3 is 19.8 Å². The first kappa shape index (κ1) is 34.8. The fourth-order valence-corrected chi connectivity index (χ4v) is 5.70. The molecule has 2 aliphatic heterocycles. The predicted molar refractivity (Wildman–Crippen MR) is 144 cm³/mol. The number of piperidine rings is 1. The molecule has 1 aromatic heterocycles. The normalized spacial score (nSPS) is 19.6. The van der Waals surface area contributed by atoms with Gasteiger partial charge in [-0.15, -0.1) is 0 Å². The Hall–Kier alpha value is -3.72. The number of morpholine rings is 1. The van der Waals surface area contributed by atoms with Crippen molar-refractivity contribution in [3.8, 4) is 0 Å². The van der Waals surface area contributed by atoms with E-state index >= 15 is 0 Å². The average molecular weight is 634 g/mol. The smallest absolute Gasteiger partial charge is 0.475 e. The van der Waals surface area contributed by atoms with Crippen molar-refractivity contribution in [3.05, 3.63) is 65.5 Å². The summed E-state index contributed by atoms with van der Waals surface area (Å²) in [7, 11) is 0. The maximum absolute atomic E-state index is 12.9. The zero-order valence-electron chi connectivity index (χ0n) is 23.6. The summed E-state index contributed by atoms with van der Waals surface area (Å²) in [4.78, 5) is 39.8. The van der Waals surface area contributed by atoms with Gasteiger partial charge in [-0.2, -0.15) is 26.3 Å². The van der Waals surface area contributed by atoms with Crippen molar-refractivity contribution in [1.29, 1.82) is 0 Å². The molecule has 1 unspecified atom stereocenters. The first-order chi connectivity index (χ1) is 20.6. The number of nitrogens with zero attached hydrogens (tertiary/aromatic N) is 3. The Morgan fingerprint density at radius 1 is 0.864 bits per heavy atom. The lowest BCUT2D eigenvalue weighted by atomic mass is 9.73. The third-order valence-electron chi connectivity index (χ3n) is 7.80. The van der Waals surface area contributed by atoms with E-state index in [4.69, 9.17) is 24.5 Å². The van der Waals surface area contributed by atoms with E-state index < -0.39 is 24.3 Å². The number of benzene rings is 1. The van der Waals surface area contributed by atoms with E-state index in [0.717, 1.165) is 44.8 Å². The number of aliphatic carboxylic acids is 2. The Labute approximate surface area is 249 Å². The highest BCUT2D eigenvalue weighted by Gasteiger charge is 2.46. The number of carbonyl (C=O) groups excluding carboxylic acids is 1. The molecule has 44 heavy (non-hydrogen) atoms. The first-order valence-electron chi connectivity index (χ1n) is 13.8. The van der Waals surface area contributed by atoms with Gasteiger partial charge in [-0.25, -0.2) is 9.59 Å². The minimum atomic E-state index is -5.08. The zero-order valence-corrected chi connectivity index (χ0v) is 23.6. The van der Waals surface area contributed by atoms with Gasteiger partial charge in [0.1, 0.15) is 0 Å². The second-order valence-electron chi connectivity index (χ2n) is 10.7. The lowest BCUT2D eigenvalue weighted by molar-refractivity contribution is -0.193. The predicted octanol–water partition coefficient (Wildman–Crippen LogP) is 4.62. The molecule has 2 N–H and O–H groups in total. The topological polar surface area (TPSA) is 120 Å². The number of rotatable bonds is 4. The van der Waals surface area contributed by atoms with Gasteiger partial charge >= 0.3 is 24.3 Å². The van der Waals surface area contributed by atoms with Crippen molar-refractivity contribution in [2.75, 3.05) is 39.4 Å². The summed E-state index contributed by atoms with van der Waals surface area (Å²) in [6, 6.07) is 15.1. The maximum Gasteiger partial charge on any atom is 0.490 e. The monoisotopic (exact) mass is 633 g/mol. The van der Waals surface area contributed by atoms with E-state index in [9.17, 15) is 31.1 Å². The standard InChI is InChI=1S/C25H31N3O2.2C2HF3O2/c29-24(28-13-15-30-16-14-28)17-20-18-25(23-7-2-1-6-22(20)23)8-11-27(12-9-25)19-21-5-3-4-10-26-21;2*3-2(4,5)1(6)7/h1-7,10,20H,8-9,11-19H2;2*(H,6,7). The van der Waals surface area contributed by atoms with Crippen LogP contribution >= 0.6 is 0 Å². The number of pyridine rings is 1. The third-order valence-corrected chi connectivity index (χ3v) is 7.80. The number of halogens is 6. The Bertz CT molecular complexity index is 1240. The van der Waals surface area contributed by atoms with Crippen LogP contribution in [-0.4, -0.2) is 94.6 Å². The second-order valence-corrected chi connectivity index (χ2v) is 10.7. The van der Waals surface area contributed by atoms with Gasteiger partial charge in [0.2, 0.25) is 5.91 Å². The van der Waals surface area contributed by atoms with Gasteiger partial charge in [-0.1, -0.05) is 30.3 Å². The number of carboxylic acids is 2. The molecule has 2 fully saturated rings. The van der Waals surface area contributed by atoms with Gasteiger partial charge in [0.05, 0.1) is 18.9 Å². The molecule has 15 heteroatoms. The lowest BCUT2D eigenvalue weighted by Crippen LogP contribution is -2.42. The summed E-state index contributed by atoms with van der Waals surface area (Å²) >= 11 is 0. The number of aromatic nitrogens is 1. The van der Waals surface area contributed by atoms with Crippen LogP contribution in [0.4, 0.5) is 26.3 Å². The maximum atomic E-state index is 12.9. The van der Waals surface area contributed by atoms with Crippen LogP contribution in [0.15, 0.2) is 48.7 Å². The highest BCUT2D eigenvalue weighted by Crippen LogP contribution is 2.52. The number of fused-ring (bicyclic) bond motifs is 2. The quantitative estimate of drug-likeness (QED) is 0.469. The largest absolute Gasteiger partial charge is 0.490 e. The van der Waals surface area contributed by atoms with E-state index in [1.165, 1.54) is 24.0 Å². The minimum Gasteiger partial charge on any atom is -0.475 e. The first-order valence-corrected chi connectivity index (χ1v) is 13.8. The van der Waals surface area contributed by atoms with Gasteiger partial charge in [-0.05, 0) is 66.9 Å². The molecular formula is C29H33F6N3O6. The highest BCUT2D eigenvalue weighted by molar-refractivity contribution is 5.77. The summed E-state index contributed by atoms with van der Waals surface area (Å²) in [6.45, 7) is 5.93. The number of carbonyl (C=O) groups is 3. The number of amides is 1. The Balaban J connectivity index is 0.000000317. The molecule has 1 aromatic carbocycles. The fourth-order valence-electron chi connectivity index (χ4n) is 5.70. The minimum absolute atomic E-state index is 0.229. The van der Waals surface area contributed by atoms with Crippen LogP contribution in [0.1, 0.15) is 48.4 Å².